The lowest BCUT2D eigenvalue weighted by Gasteiger charge is -2.01. The van der Waals surface area contributed by atoms with Gasteiger partial charge in [0.25, 0.3) is 0 Å². The van der Waals surface area contributed by atoms with E-state index < -0.39 is 31.1 Å². The van der Waals surface area contributed by atoms with Crippen LogP contribution in [0.2, 0.25) is 0 Å². The fourth-order valence-electron chi connectivity index (χ4n) is 0.371. The monoisotopic (exact) mass is 175 g/mol. The van der Waals surface area contributed by atoms with E-state index in [9.17, 15) is 14.4 Å². The van der Waals surface area contributed by atoms with E-state index in [-0.39, 0.29) is 0 Å². The third-order valence-electron chi connectivity index (χ3n) is 0.801. The first-order chi connectivity index (χ1) is 5.52. The van der Waals surface area contributed by atoms with Gasteiger partial charge in [0.1, 0.15) is 6.42 Å². The van der Waals surface area contributed by atoms with Crippen molar-refractivity contribution in [2.45, 2.75) is 13.3 Å². The molecule has 6 nitrogen and oxygen atoms in total. The molecule has 0 aromatic carbocycles. The molecule has 0 atom stereocenters. The van der Waals surface area contributed by atoms with E-state index in [1.807, 2.05) is 0 Å². The van der Waals surface area contributed by atoms with Crippen molar-refractivity contribution in [3.8, 4) is 0 Å². The van der Waals surface area contributed by atoms with Crippen LogP contribution in [0.5, 0.6) is 0 Å². The normalized spacial score (nSPS) is 8.75. The highest BCUT2D eigenvalue weighted by Crippen LogP contribution is 1.86. The Hall–Kier alpha value is -1.59. The fraction of sp³-hybridized carbons (Fsp3) is 0.500. The molecule has 12 heavy (non-hydrogen) atoms. The highest BCUT2D eigenvalue weighted by molar-refractivity contribution is 5.93. The van der Waals surface area contributed by atoms with Crippen LogP contribution >= 0.6 is 0 Å². The number of rotatable bonds is 4. The molecule has 0 aliphatic carbocycles. The third kappa shape index (κ3) is 6.53. The second-order valence-electron chi connectivity index (χ2n) is 1.91. The molecule has 0 fully saturated rings. The van der Waals surface area contributed by atoms with Gasteiger partial charge in [0.05, 0.1) is 0 Å². The zero-order chi connectivity index (χ0) is 9.56. The highest BCUT2D eigenvalue weighted by Gasteiger charge is 2.06. The van der Waals surface area contributed by atoms with E-state index in [2.05, 4.69) is 15.2 Å². The van der Waals surface area contributed by atoms with Crippen molar-refractivity contribution in [3.63, 3.8) is 0 Å². The number of amides is 1. The summed E-state index contributed by atoms with van der Waals surface area (Å²) in [4.78, 5) is 30.8. The predicted molar refractivity (Wildman–Crippen MR) is 36.5 cm³/mol. The van der Waals surface area contributed by atoms with Crippen molar-refractivity contribution < 1.29 is 23.9 Å². The average molecular weight is 175 g/mol. The largest absolute Gasteiger partial charge is 0.428 e. The summed E-state index contributed by atoms with van der Waals surface area (Å²) in [5, 5.41) is 0. The van der Waals surface area contributed by atoms with Gasteiger partial charge in [-0.3, -0.25) is 14.4 Å². The molecule has 0 aliphatic rings. The summed E-state index contributed by atoms with van der Waals surface area (Å²) in [7, 11) is 0. The minimum absolute atomic E-state index is 0.485. The SMILES string of the molecule is CC(=O)OCOC(=O)CC(N)=O. The van der Waals surface area contributed by atoms with Crippen molar-refractivity contribution in [3.05, 3.63) is 0 Å². The van der Waals surface area contributed by atoms with Crippen molar-refractivity contribution >= 4 is 17.8 Å². The van der Waals surface area contributed by atoms with Gasteiger partial charge < -0.3 is 15.2 Å². The number of carbonyl (C=O) groups is 3. The quantitative estimate of drug-likeness (QED) is 0.333. The van der Waals surface area contributed by atoms with Crippen LogP contribution in [0.1, 0.15) is 13.3 Å². The van der Waals surface area contributed by atoms with Gasteiger partial charge in [-0.05, 0) is 0 Å². The summed E-state index contributed by atoms with van der Waals surface area (Å²) in [6, 6.07) is 0. The molecule has 1 amide bonds. The molecular weight excluding hydrogens is 166 g/mol. The summed E-state index contributed by atoms with van der Waals surface area (Å²) in [5.74, 6) is -2.17. The lowest BCUT2D eigenvalue weighted by atomic mass is 10.4. The molecule has 0 spiro atoms. The van der Waals surface area contributed by atoms with E-state index in [0.717, 1.165) is 0 Å². The van der Waals surface area contributed by atoms with Gasteiger partial charge >= 0.3 is 11.9 Å². The molecule has 6 heteroatoms. The van der Waals surface area contributed by atoms with Crippen molar-refractivity contribution in [1.82, 2.24) is 0 Å². The van der Waals surface area contributed by atoms with Gasteiger partial charge in [-0.15, -0.1) is 0 Å². The second-order valence-corrected chi connectivity index (χ2v) is 1.91. The van der Waals surface area contributed by atoms with Gasteiger partial charge in [0.15, 0.2) is 0 Å². The topological polar surface area (TPSA) is 95.7 Å². The first-order valence-electron chi connectivity index (χ1n) is 3.09. The van der Waals surface area contributed by atoms with Gasteiger partial charge in [-0.25, -0.2) is 0 Å². The summed E-state index contributed by atoms with van der Waals surface area (Å²) in [6.07, 6.45) is -0.513. The maximum Gasteiger partial charge on any atom is 0.318 e. The Labute approximate surface area is 68.6 Å². The lowest BCUT2D eigenvalue weighted by Crippen LogP contribution is -2.19. The predicted octanol–water partition coefficient (Wildman–Crippen LogP) is -1.07. The average Bonchev–Trinajstić information content (AvgIpc) is 1.84. The van der Waals surface area contributed by atoms with Gasteiger partial charge in [0.2, 0.25) is 12.7 Å². The Morgan fingerprint density at radius 2 is 1.83 bits per heavy atom. The Morgan fingerprint density at radius 3 is 2.25 bits per heavy atom. The molecule has 0 heterocycles. The molecule has 0 unspecified atom stereocenters. The molecule has 0 aliphatic heterocycles. The van der Waals surface area contributed by atoms with Crippen molar-refractivity contribution in [2.75, 3.05) is 6.79 Å². The first kappa shape index (κ1) is 10.4. The van der Waals surface area contributed by atoms with Crippen LogP contribution in [0.4, 0.5) is 0 Å². The number of ether oxygens (including phenoxy) is 2. The van der Waals surface area contributed by atoms with Crippen LogP contribution in [0.3, 0.4) is 0 Å². The number of primary amides is 1. The number of carbonyl (C=O) groups excluding carboxylic acids is 3. The number of nitrogens with two attached hydrogens (primary N) is 1. The van der Waals surface area contributed by atoms with Crippen LogP contribution in [-0.4, -0.2) is 24.6 Å². The van der Waals surface area contributed by atoms with Crippen molar-refractivity contribution in [2.24, 2.45) is 5.73 Å². The minimum atomic E-state index is -0.816. The van der Waals surface area contributed by atoms with Crippen LogP contribution in [0.15, 0.2) is 0 Å². The maximum absolute atomic E-state index is 10.5. The third-order valence-corrected chi connectivity index (χ3v) is 0.801. The van der Waals surface area contributed by atoms with E-state index in [1.54, 1.807) is 0 Å². The summed E-state index contributed by atoms with van der Waals surface area (Å²) in [6.45, 7) is 0.684. The number of hydrogen-bond acceptors (Lipinski definition) is 5. The Kier molecular flexibility index (Phi) is 4.43. The molecule has 0 rings (SSSR count). The van der Waals surface area contributed by atoms with Crippen LogP contribution in [-0.2, 0) is 23.9 Å². The van der Waals surface area contributed by atoms with Crippen LogP contribution < -0.4 is 5.73 Å². The van der Waals surface area contributed by atoms with Gasteiger partial charge in [-0.2, -0.15) is 0 Å². The highest BCUT2D eigenvalue weighted by atomic mass is 16.7. The molecule has 0 bridgehead atoms. The number of esters is 2. The van der Waals surface area contributed by atoms with Gasteiger partial charge in [0, 0.05) is 6.92 Å². The smallest absolute Gasteiger partial charge is 0.318 e. The van der Waals surface area contributed by atoms with Gasteiger partial charge in [-0.1, -0.05) is 0 Å². The zero-order valence-electron chi connectivity index (χ0n) is 6.53. The molecule has 0 saturated heterocycles. The molecule has 0 saturated carbocycles. The second kappa shape index (κ2) is 5.11. The van der Waals surface area contributed by atoms with E-state index >= 15 is 0 Å². The number of hydrogen-bond donors (Lipinski definition) is 1. The molecule has 68 valence electrons. The summed E-state index contributed by atoms with van der Waals surface area (Å²) < 4.78 is 8.54. The molecule has 2 N–H and O–H groups in total. The fourth-order valence-corrected chi connectivity index (χ4v) is 0.371. The summed E-state index contributed by atoms with van der Waals surface area (Å²) in [5.41, 5.74) is 4.68. The Morgan fingerprint density at radius 1 is 1.25 bits per heavy atom. The molecule has 0 aromatic rings. The molecule has 0 aromatic heterocycles. The van der Waals surface area contributed by atoms with E-state index in [0.29, 0.717) is 0 Å². The van der Waals surface area contributed by atoms with Crippen LogP contribution in [0.25, 0.3) is 0 Å². The lowest BCUT2D eigenvalue weighted by molar-refractivity contribution is -0.165. The Bertz CT molecular complexity index is 200. The van der Waals surface area contributed by atoms with Crippen molar-refractivity contribution in [1.29, 1.82) is 0 Å². The Balaban J connectivity index is 3.44. The van der Waals surface area contributed by atoms with E-state index in [4.69, 9.17) is 0 Å². The first-order valence-corrected chi connectivity index (χ1v) is 3.09. The standard InChI is InChI=1S/C6H9NO5/c1-4(8)11-3-12-6(10)2-5(7)9/h2-3H2,1H3,(H2,7,9). The summed E-state index contributed by atoms with van der Waals surface area (Å²) >= 11 is 0. The molecular formula is C6H9NO5. The zero-order valence-corrected chi connectivity index (χ0v) is 6.53. The van der Waals surface area contributed by atoms with Crippen LogP contribution in [0, 0.1) is 0 Å². The maximum atomic E-state index is 10.5. The minimum Gasteiger partial charge on any atom is -0.428 e. The van der Waals surface area contributed by atoms with E-state index in [1.165, 1.54) is 6.92 Å². The molecule has 0 radical (unpaired) electrons.